The Morgan fingerprint density at radius 3 is 2.94 bits per heavy atom. The van der Waals surface area contributed by atoms with Crippen molar-refractivity contribution in [2.24, 2.45) is 5.92 Å². The van der Waals surface area contributed by atoms with Crippen LogP contribution in [-0.2, 0) is 14.2 Å². The van der Waals surface area contributed by atoms with E-state index in [1.165, 1.54) is 0 Å². The summed E-state index contributed by atoms with van der Waals surface area (Å²) in [6, 6.07) is 0. The molecule has 2 atom stereocenters. The molecule has 4 heteroatoms. The highest BCUT2D eigenvalue weighted by atomic mass is 16.6. The van der Waals surface area contributed by atoms with Crippen LogP contribution in [-0.4, -0.2) is 51.2 Å². The van der Waals surface area contributed by atoms with Gasteiger partial charge in [0, 0.05) is 26.2 Å². The van der Waals surface area contributed by atoms with Crippen LogP contribution in [0.2, 0.25) is 0 Å². The summed E-state index contributed by atoms with van der Waals surface area (Å²) < 4.78 is 17.3. The van der Waals surface area contributed by atoms with Crippen molar-refractivity contribution >= 4 is 0 Å². The first-order valence-electron chi connectivity index (χ1n) is 6.90. The van der Waals surface area contributed by atoms with Gasteiger partial charge in [-0.1, -0.05) is 0 Å². The van der Waals surface area contributed by atoms with Crippen LogP contribution in [0.1, 0.15) is 25.7 Å². The molecule has 98 valence electrons. The van der Waals surface area contributed by atoms with Crippen molar-refractivity contribution in [3.8, 4) is 0 Å². The van der Waals surface area contributed by atoms with E-state index in [2.05, 4.69) is 5.32 Å². The van der Waals surface area contributed by atoms with Crippen LogP contribution in [0.15, 0.2) is 0 Å². The second-order valence-corrected chi connectivity index (χ2v) is 5.64. The second kappa shape index (κ2) is 5.22. The van der Waals surface area contributed by atoms with Crippen molar-refractivity contribution in [2.75, 3.05) is 39.5 Å². The van der Waals surface area contributed by atoms with Crippen molar-refractivity contribution in [3.63, 3.8) is 0 Å². The first-order chi connectivity index (χ1) is 8.36. The van der Waals surface area contributed by atoms with E-state index in [0.29, 0.717) is 12.0 Å². The van der Waals surface area contributed by atoms with Gasteiger partial charge < -0.3 is 19.5 Å². The second-order valence-electron chi connectivity index (χ2n) is 5.64. The zero-order chi connectivity index (χ0) is 11.6. The molecule has 0 unspecified atom stereocenters. The molecule has 17 heavy (non-hydrogen) atoms. The predicted molar refractivity (Wildman–Crippen MR) is 64.1 cm³/mol. The summed E-state index contributed by atoms with van der Waals surface area (Å²) in [5.41, 5.74) is 0.0976. The normalized spacial score (nSPS) is 39.2. The maximum Gasteiger partial charge on any atom is 0.0845 e. The first kappa shape index (κ1) is 11.9. The molecule has 3 aliphatic heterocycles. The summed E-state index contributed by atoms with van der Waals surface area (Å²) in [5.74, 6) is 0.696. The van der Waals surface area contributed by atoms with Crippen LogP contribution in [0.3, 0.4) is 0 Å². The zero-order valence-corrected chi connectivity index (χ0v) is 10.5. The molecule has 0 aliphatic carbocycles. The SMILES string of the molecule is C1C[C@@]2(CN1)C[C@@H](OCC1CCOCC1)CO2. The van der Waals surface area contributed by atoms with Gasteiger partial charge in [0.1, 0.15) is 0 Å². The highest BCUT2D eigenvalue weighted by Gasteiger charge is 2.43. The maximum atomic E-state index is 6.02. The molecule has 3 heterocycles. The summed E-state index contributed by atoms with van der Waals surface area (Å²) in [6.07, 6.45) is 4.84. The third-order valence-corrected chi connectivity index (χ3v) is 4.29. The Labute approximate surface area is 103 Å². The average Bonchev–Trinajstić information content (AvgIpc) is 2.99. The Morgan fingerprint density at radius 1 is 1.29 bits per heavy atom. The van der Waals surface area contributed by atoms with E-state index in [4.69, 9.17) is 14.2 Å². The number of hydrogen-bond acceptors (Lipinski definition) is 4. The van der Waals surface area contributed by atoms with Crippen LogP contribution < -0.4 is 5.32 Å². The van der Waals surface area contributed by atoms with Gasteiger partial charge in [0.2, 0.25) is 0 Å². The van der Waals surface area contributed by atoms with Gasteiger partial charge in [-0.05, 0) is 31.7 Å². The van der Waals surface area contributed by atoms with Crippen LogP contribution in [0.25, 0.3) is 0 Å². The Bertz CT molecular complexity index is 247. The van der Waals surface area contributed by atoms with Crippen molar-refractivity contribution in [3.05, 3.63) is 0 Å². The standard InChI is InChI=1S/C13H23NO3/c1-5-15-6-2-11(1)8-16-12-7-13(17-9-12)3-4-14-10-13/h11-12,14H,1-10H2/t12-,13+/m1/s1. The maximum absolute atomic E-state index is 6.02. The van der Waals surface area contributed by atoms with Crippen molar-refractivity contribution in [1.29, 1.82) is 0 Å². The summed E-state index contributed by atoms with van der Waals surface area (Å²) in [5, 5.41) is 3.38. The Balaban J connectivity index is 1.41. The monoisotopic (exact) mass is 241 g/mol. The van der Waals surface area contributed by atoms with Gasteiger partial charge in [0.05, 0.1) is 24.9 Å². The molecule has 0 amide bonds. The van der Waals surface area contributed by atoms with Gasteiger partial charge in [0.25, 0.3) is 0 Å². The fourth-order valence-corrected chi connectivity index (χ4v) is 3.11. The molecule has 0 aromatic heterocycles. The van der Waals surface area contributed by atoms with Crippen molar-refractivity contribution in [1.82, 2.24) is 5.32 Å². The molecule has 0 bridgehead atoms. The molecule has 4 nitrogen and oxygen atoms in total. The summed E-state index contributed by atoms with van der Waals surface area (Å²) in [6.45, 7) is 5.58. The van der Waals surface area contributed by atoms with Crippen LogP contribution in [0.4, 0.5) is 0 Å². The molecule has 3 aliphatic rings. The molecule has 1 spiro atoms. The van der Waals surface area contributed by atoms with E-state index in [9.17, 15) is 0 Å². The zero-order valence-electron chi connectivity index (χ0n) is 10.5. The van der Waals surface area contributed by atoms with Gasteiger partial charge in [-0.15, -0.1) is 0 Å². The Morgan fingerprint density at radius 2 is 2.18 bits per heavy atom. The largest absolute Gasteiger partial charge is 0.381 e. The van der Waals surface area contributed by atoms with Gasteiger partial charge >= 0.3 is 0 Å². The quantitative estimate of drug-likeness (QED) is 0.798. The number of ether oxygens (including phenoxy) is 3. The van der Waals surface area contributed by atoms with Crippen molar-refractivity contribution < 1.29 is 14.2 Å². The first-order valence-corrected chi connectivity index (χ1v) is 6.90. The fourth-order valence-electron chi connectivity index (χ4n) is 3.11. The average molecular weight is 241 g/mol. The van der Waals surface area contributed by atoms with Gasteiger partial charge in [0.15, 0.2) is 0 Å². The van der Waals surface area contributed by atoms with E-state index in [-0.39, 0.29) is 5.60 Å². The molecule has 3 rings (SSSR count). The van der Waals surface area contributed by atoms with Crippen LogP contribution in [0.5, 0.6) is 0 Å². The molecule has 0 saturated carbocycles. The van der Waals surface area contributed by atoms with Crippen LogP contribution >= 0.6 is 0 Å². The highest BCUT2D eigenvalue weighted by molar-refractivity contribution is 4.96. The molecule has 1 N–H and O–H groups in total. The molecule has 3 saturated heterocycles. The lowest BCUT2D eigenvalue weighted by atomic mass is 9.98. The van der Waals surface area contributed by atoms with Gasteiger partial charge in [-0.3, -0.25) is 0 Å². The smallest absolute Gasteiger partial charge is 0.0845 e. The number of nitrogens with one attached hydrogen (secondary N) is 1. The predicted octanol–water partition coefficient (Wildman–Crippen LogP) is 0.951. The minimum Gasteiger partial charge on any atom is -0.381 e. The van der Waals surface area contributed by atoms with Crippen molar-refractivity contribution in [2.45, 2.75) is 37.4 Å². The molecular weight excluding hydrogens is 218 g/mol. The van der Waals surface area contributed by atoms with E-state index >= 15 is 0 Å². The third kappa shape index (κ3) is 2.81. The third-order valence-electron chi connectivity index (χ3n) is 4.29. The topological polar surface area (TPSA) is 39.7 Å². The summed E-state index contributed by atoms with van der Waals surface area (Å²) >= 11 is 0. The Kier molecular flexibility index (Phi) is 3.66. The molecule has 0 aromatic rings. The summed E-state index contributed by atoms with van der Waals surface area (Å²) in [4.78, 5) is 0. The molecule has 0 radical (unpaired) electrons. The summed E-state index contributed by atoms with van der Waals surface area (Å²) in [7, 11) is 0. The van der Waals surface area contributed by atoms with Gasteiger partial charge in [-0.2, -0.15) is 0 Å². The number of hydrogen-bond donors (Lipinski definition) is 1. The minimum atomic E-state index is 0.0976. The fraction of sp³-hybridized carbons (Fsp3) is 1.00. The van der Waals surface area contributed by atoms with E-state index in [1.54, 1.807) is 0 Å². The lowest BCUT2D eigenvalue weighted by Gasteiger charge is -2.24. The highest BCUT2D eigenvalue weighted by Crippen LogP contribution is 2.33. The van der Waals surface area contributed by atoms with E-state index in [1.807, 2.05) is 0 Å². The van der Waals surface area contributed by atoms with E-state index in [0.717, 1.165) is 65.2 Å². The molecule has 0 aromatic carbocycles. The van der Waals surface area contributed by atoms with Gasteiger partial charge in [-0.25, -0.2) is 0 Å². The van der Waals surface area contributed by atoms with Crippen LogP contribution in [0, 0.1) is 5.92 Å². The molecule has 3 fully saturated rings. The lowest BCUT2D eigenvalue weighted by molar-refractivity contribution is -0.0176. The van der Waals surface area contributed by atoms with E-state index < -0.39 is 0 Å². The Hall–Kier alpha value is -0.160. The number of rotatable bonds is 3. The molecular formula is C13H23NO3. The lowest BCUT2D eigenvalue weighted by Crippen LogP contribution is -2.31. The minimum absolute atomic E-state index is 0.0976.